The molecular formula is C15H24N4O2. The van der Waals surface area contributed by atoms with Crippen LogP contribution < -0.4 is 5.73 Å². The predicted molar refractivity (Wildman–Crippen MR) is 78.4 cm³/mol. The van der Waals surface area contributed by atoms with E-state index in [4.69, 9.17) is 10.3 Å². The molecule has 1 aromatic rings. The number of aryl methyl sites for hydroxylation is 1. The average molecular weight is 292 g/mol. The lowest BCUT2D eigenvalue weighted by Gasteiger charge is -2.36. The third-order valence-electron chi connectivity index (χ3n) is 4.63. The van der Waals surface area contributed by atoms with E-state index in [-0.39, 0.29) is 17.9 Å². The quantitative estimate of drug-likeness (QED) is 0.890. The molecule has 116 valence electrons. The van der Waals surface area contributed by atoms with Crippen LogP contribution in [0.3, 0.4) is 0 Å². The first-order valence-electron chi connectivity index (χ1n) is 7.82. The molecule has 0 aromatic carbocycles. The van der Waals surface area contributed by atoms with Gasteiger partial charge in [-0.2, -0.15) is 0 Å². The molecule has 1 aliphatic carbocycles. The Balaban J connectivity index is 1.49. The van der Waals surface area contributed by atoms with Crippen molar-refractivity contribution >= 4 is 5.91 Å². The van der Waals surface area contributed by atoms with Crippen LogP contribution in [0.15, 0.2) is 10.6 Å². The fourth-order valence-corrected chi connectivity index (χ4v) is 3.37. The number of aromatic nitrogens is 1. The van der Waals surface area contributed by atoms with Crippen molar-refractivity contribution in [1.29, 1.82) is 0 Å². The van der Waals surface area contributed by atoms with Crippen molar-refractivity contribution in [1.82, 2.24) is 15.0 Å². The van der Waals surface area contributed by atoms with E-state index in [2.05, 4.69) is 10.1 Å². The van der Waals surface area contributed by atoms with Crippen LogP contribution in [0.2, 0.25) is 0 Å². The Morgan fingerprint density at radius 1 is 1.38 bits per heavy atom. The molecular weight excluding hydrogens is 268 g/mol. The first kappa shape index (κ1) is 14.5. The summed E-state index contributed by atoms with van der Waals surface area (Å²) in [6.07, 6.45) is 3.03. The Bertz CT molecular complexity index is 494. The topological polar surface area (TPSA) is 75.6 Å². The highest BCUT2D eigenvalue weighted by Gasteiger charge is 2.34. The Morgan fingerprint density at radius 2 is 2.14 bits per heavy atom. The summed E-state index contributed by atoms with van der Waals surface area (Å²) in [5, 5.41) is 3.91. The van der Waals surface area contributed by atoms with E-state index in [1.807, 2.05) is 17.9 Å². The van der Waals surface area contributed by atoms with Crippen LogP contribution in [0, 0.1) is 12.8 Å². The van der Waals surface area contributed by atoms with Gasteiger partial charge in [0.15, 0.2) is 5.76 Å². The van der Waals surface area contributed by atoms with E-state index in [0.29, 0.717) is 0 Å². The second-order valence-electron chi connectivity index (χ2n) is 6.24. The second-order valence-corrected chi connectivity index (χ2v) is 6.24. The highest BCUT2D eigenvalue weighted by atomic mass is 16.5. The van der Waals surface area contributed by atoms with Crippen molar-refractivity contribution in [3.8, 4) is 0 Å². The zero-order valence-corrected chi connectivity index (χ0v) is 12.6. The maximum atomic E-state index is 12.5. The number of amides is 1. The Morgan fingerprint density at radius 3 is 2.71 bits per heavy atom. The third-order valence-corrected chi connectivity index (χ3v) is 4.63. The minimum Gasteiger partial charge on any atom is -0.360 e. The first-order valence-corrected chi connectivity index (χ1v) is 7.82. The van der Waals surface area contributed by atoms with Crippen LogP contribution in [-0.4, -0.2) is 53.1 Å². The number of carbonyl (C=O) groups is 1. The van der Waals surface area contributed by atoms with Gasteiger partial charge in [-0.05, 0) is 19.8 Å². The molecule has 2 aliphatic rings. The maximum absolute atomic E-state index is 12.5. The van der Waals surface area contributed by atoms with Gasteiger partial charge in [0.2, 0.25) is 5.91 Å². The van der Waals surface area contributed by atoms with Crippen LogP contribution in [0.25, 0.3) is 0 Å². The van der Waals surface area contributed by atoms with Crippen molar-refractivity contribution in [2.24, 2.45) is 11.7 Å². The van der Waals surface area contributed by atoms with Gasteiger partial charge in [-0.3, -0.25) is 9.69 Å². The standard InChI is InChI=1S/C15H24N4O2/c1-11-9-12(21-17-11)10-18-5-7-19(8-6-18)15(20)13-3-2-4-14(13)16/h9,13-14H,2-8,10,16H2,1H3/t13-,14+/m0/s1. The van der Waals surface area contributed by atoms with Crippen molar-refractivity contribution in [3.63, 3.8) is 0 Å². The van der Waals surface area contributed by atoms with Crippen molar-refractivity contribution in [2.75, 3.05) is 26.2 Å². The Hall–Kier alpha value is -1.40. The van der Waals surface area contributed by atoms with Gasteiger partial charge in [0.1, 0.15) is 0 Å². The lowest BCUT2D eigenvalue weighted by Crippen LogP contribution is -2.51. The molecule has 21 heavy (non-hydrogen) atoms. The summed E-state index contributed by atoms with van der Waals surface area (Å²) in [4.78, 5) is 16.8. The summed E-state index contributed by atoms with van der Waals surface area (Å²) >= 11 is 0. The van der Waals surface area contributed by atoms with E-state index in [9.17, 15) is 4.79 Å². The highest BCUT2D eigenvalue weighted by Crippen LogP contribution is 2.26. The van der Waals surface area contributed by atoms with Gasteiger partial charge in [0.05, 0.1) is 18.2 Å². The van der Waals surface area contributed by atoms with Gasteiger partial charge in [0.25, 0.3) is 0 Å². The maximum Gasteiger partial charge on any atom is 0.227 e. The van der Waals surface area contributed by atoms with Crippen LogP contribution in [0.1, 0.15) is 30.7 Å². The lowest BCUT2D eigenvalue weighted by atomic mass is 10.0. The van der Waals surface area contributed by atoms with Gasteiger partial charge >= 0.3 is 0 Å². The zero-order chi connectivity index (χ0) is 14.8. The number of nitrogens with two attached hydrogens (primary N) is 1. The van der Waals surface area contributed by atoms with Crippen molar-refractivity contribution in [3.05, 3.63) is 17.5 Å². The molecule has 1 saturated carbocycles. The monoisotopic (exact) mass is 292 g/mol. The molecule has 3 rings (SSSR count). The summed E-state index contributed by atoms with van der Waals surface area (Å²) in [7, 11) is 0. The predicted octanol–water partition coefficient (Wildman–Crippen LogP) is 0.755. The molecule has 1 amide bonds. The minimum absolute atomic E-state index is 0.0495. The van der Waals surface area contributed by atoms with Crippen LogP contribution in [0.4, 0.5) is 0 Å². The highest BCUT2D eigenvalue weighted by molar-refractivity contribution is 5.80. The molecule has 2 N–H and O–H groups in total. The number of rotatable bonds is 3. The molecule has 6 heteroatoms. The Kier molecular flexibility index (Phi) is 4.26. The number of carbonyl (C=O) groups excluding carboxylic acids is 1. The summed E-state index contributed by atoms with van der Waals surface area (Å²) in [6, 6.07) is 2.03. The third kappa shape index (κ3) is 3.27. The summed E-state index contributed by atoms with van der Waals surface area (Å²) in [5.41, 5.74) is 6.95. The van der Waals surface area contributed by atoms with Gasteiger partial charge in [-0.15, -0.1) is 0 Å². The smallest absolute Gasteiger partial charge is 0.227 e. The van der Waals surface area contributed by atoms with Gasteiger partial charge < -0.3 is 15.2 Å². The lowest BCUT2D eigenvalue weighted by molar-refractivity contribution is -0.137. The van der Waals surface area contributed by atoms with E-state index < -0.39 is 0 Å². The van der Waals surface area contributed by atoms with Crippen LogP contribution >= 0.6 is 0 Å². The number of hydrogen-bond acceptors (Lipinski definition) is 5. The normalized spacial score (nSPS) is 27.2. The molecule has 1 aromatic heterocycles. The first-order chi connectivity index (χ1) is 10.1. The summed E-state index contributed by atoms with van der Waals surface area (Å²) in [5.74, 6) is 1.20. The second kappa shape index (κ2) is 6.15. The summed E-state index contributed by atoms with van der Waals surface area (Å²) in [6.45, 7) is 6.03. The fourth-order valence-electron chi connectivity index (χ4n) is 3.37. The molecule has 2 heterocycles. The molecule has 0 radical (unpaired) electrons. The Labute approximate surface area is 125 Å². The molecule has 0 bridgehead atoms. The molecule has 1 saturated heterocycles. The van der Waals surface area contributed by atoms with Crippen LogP contribution in [-0.2, 0) is 11.3 Å². The fraction of sp³-hybridized carbons (Fsp3) is 0.733. The average Bonchev–Trinajstić information content (AvgIpc) is 3.08. The van der Waals surface area contributed by atoms with Crippen molar-refractivity contribution < 1.29 is 9.32 Å². The van der Waals surface area contributed by atoms with E-state index in [1.165, 1.54) is 0 Å². The van der Waals surface area contributed by atoms with Gasteiger partial charge in [0, 0.05) is 38.3 Å². The number of nitrogens with zero attached hydrogens (tertiary/aromatic N) is 3. The van der Waals surface area contributed by atoms with Gasteiger partial charge in [-0.25, -0.2) is 0 Å². The zero-order valence-electron chi connectivity index (χ0n) is 12.6. The van der Waals surface area contributed by atoms with Crippen LogP contribution in [0.5, 0.6) is 0 Å². The minimum atomic E-state index is 0.0495. The van der Waals surface area contributed by atoms with E-state index >= 15 is 0 Å². The largest absolute Gasteiger partial charge is 0.360 e. The molecule has 0 spiro atoms. The number of piperazine rings is 1. The molecule has 2 atom stereocenters. The van der Waals surface area contributed by atoms with Crippen molar-refractivity contribution in [2.45, 2.75) is 38.8 Å². The number of hydrogen-bond donors (Lipinski definition) is 1. The van der Waals surface area contributed by atoms with E-state index in [0.717, 1.165) is 63.4 Å². The van der Waals surface area contributed by atoms with Gasteiger partial charge in [-0.1, -0.05) is 11.6 Å². The van der Waals surface area contributed by atoms with E-state index in [1.54, 1.807) is 0 Å². The molecule has 0 unspecified atom stereocenters. The summed E-state index contributed by atoms with van der Waals surface area (Å²) < 4.78 is 5.25. The molecule has 6 nitrogen and oxygen atoms in total. The molecule has 2 fully saturated rings. The SMILES string of the molecule is Cc1cc(CN2CCN(C(=O)[C@H]3CCC[C@H]3N)CC2)on1. The molecule has 1 aliphatic heterocycles.